The van der Waals surface area contributed by atoms with E-state index in [1.807, 2.05) is 31.2 Å². The zero-order valence-corrected chi connectivity index (χ0v) is 13.8. The van der Waals surface area contributed by atoms with Crippen molar-refractivity contribution in [2.24, 2.45) is 0 Å². The van der Waals surface area contributed by atoms with E-state index in [0.29, 0.717) is 30.9 Å². The molecule has 130 valence electrons. The van der Waals surface area contributed by atoms with E-state index in [-0.39, 0.29) is 11.8 Å². The Morgan fingerprint density at radius 1 is 1.25 bits per heavy atom. The lowest BCUT2D eigenvalue weighted by molar-refractivity contribution is 0.0582. The molecule has 0 spiro atoms. The molecule has 2 heterocycles. The summed E-state index contributed by atoms with van der Waals surface area (Å²) < 4.78 is 0.699. The van der Waals surface area contributed by atoms with Crippen LogP contribution in [0.4, 0.5) is 4.79 Å². The number of piperazine rings is 1. The van der Waals surface area contributed by atoms with Crippen molar-refractivity contribution in [3.63, 3.8) is 0 Å². The fraction of sp³-hybridized carbons (Fsp3) is 0.353. The Balaban J connectivity index is 1.86. The summed E-state index contributed by atoms with van der Waals surface area (Å²) >= 11 is 0. The van der Waals surface area contributed by atoms with E-state index < -0.39 is 6.09 Å². The Morgan fingerprint density at radius 2 is 1.88 bits per heavy atom. The highest BCUT2D eigenvalue weighted by atomic mass is 16.7. The van der Waals surface area contributed by atoms with E-state index in [4.69, 9.17) is 4.84 Å². The highest BCUT2D eigenvalue weighted by Gasteiger charge is 2.24. The minimum absolute atomic E-state index is 0.329. The van der Waals surface area contributed by atoms with Crippen LogP contribution in [0.1, 0.15) is 6.92 Å². The average Bonchev–Trinajstić information content (AvgIpc) is 2.91. The highest BCUT2D eigenvalue weighted by Crippen LogP contribution is 2.19. The molecule has 0 aliphatic carbocycles. The largest absolute Gasteiger partial charge is 0.492 e. The second-order valence-electron chi connectivity index (χ2n) is 5.44. The van der Waals surface area contributed by atoms with E-state index in [1.54, 1.807) is 4.90 Å². The minimum Gasteiger partial charge on any atom is -0.492 e. The van der Waals surface area contributed by atoms with Crippen LogP contribution in [-0.2, 0) is 0 Å². The Kier molecular flexibility index (Phi) is 6.08. The smallest absolute Gasteiger partial charge is 0.434 e. The molecule has 1 amide bonds. The zero-order chi connectivity index (χ0) is 17.5. The van der Waals surface area contributed by atoms with Crippen LogP contribution in [0, 0.1) is 0 Å². The summed E-state index contributed by atoms with van der Waals surface area (Å²) in [6.07, 6.45) is 7.18. The van der Waals surface area contributed by atoms with Crippen molar-refractivity contribution in [1.29, 1.82) is 0 Å². The van der Waals surface area contributed by atoms with E-state index >= 15 is 0 Å². The van der Waals surface area contributed by atoms with Gasteiger partial charge in [0.15, 0.2) is 0 Å². The molecule has 0 radical (unpaired) electrons. The Labute approximate surface area is 141 Å². The highest BCUT2D eigenvalue weighted by molar-refractivity contribution is 5.68. The molecule has 0 unspecified atom stereocenters. The van der Waals surface area contributed by atoms with Crippen molar-refractivity contribution >= 4 is 6.09 Å². The third kappa shape index (κ3) is 4.42. The molecular formula is C17H23N3O4. The van der Waals surface area contributed by atoms with E-state index in [2.05, 4.69) is 11.5 Å². The third-order valence-electron chi connectivity index (χ3n) is 3.77. The van der Waals surface area contributed by atoms with Crippen molar-refractivity contribution < 1.29 is 19.8 Å². The maximum absolute atomic E-state index is 12.1. The predicted octanol–water partition coefficient (Wildman–Crippen LogP) is 1.75. The summed E-state index contributed by atoms with van der Waals surface area (Å²) in [7, 11) is 0. The molecule has 0 bridgehead atoms. The second-order valence-corrected chi connectivity index (χ2v) is 5.44. The predicted molar refractivity (Wildman–Crippen MR) is 90.8 cm³/mol. The molecule has 0 saturated carbocycles. The van der Waals surface area contributed by atoms with Gasteiger partial charge in [-0.15, -0.1) is 4.73 Å². The summed E-state index contributed by atoms with van der Waals surface area (Å²) in [5.74, 6) is -0.659. The van der Waals surface area contributed by atoms with Gasteiger partial charge in [0.25, 0.3) is 0 Å². The lowest BCUT2D eigenvalue weighted by Crippen LogP contribution is -2.50. The second kappa shape index (κ2) is 8.26. The molecule has 2 rings (SSSR count). The number of carbonyl (C=O) groups is 1. The van der Waals surface area contributed by atoms with Gasteiger partial charge in [0.05, 0.1) is 0 Å². The molecule has 2 N–H and O–H groups in total. The number of aromatic hydroxyl groups is 2. The number of amides is 1. The number of carbonyl (C=O) groups excluding carboxylic acids is 1. The maximum atomic E-state index is 12.1. The fourth-order valence-electron chi connectivity index (χ4n) is 2.38. The summed E-state index contributed by atoms with van der Waals surface area (Å²) in [6.45, 7) is 8.99. The lowest BCUT2D eigenvalue weighted by atomic mass is 10.2. The van der Waals surface area contributed by atoms with Gasteiger partial charge in [-0.25, -0.2) is 4.79 Å². The summed E-state index contributed by atoms with van der Waals surface area (Å²) in [5, 5.41) is 19.0. The molecule has 1 aromatic heterocycles. The van der Waals surface area contributed by atoms with Crippen LogP contribution in [0.25, 0.3) is 0 Å². The fourth-order valence-corrected chi connectivity index (χ4v) is 2.38. The van der Waals surface area contributed by atoms with Gasteiger partial charge in [-0.2, -0.15) is 0 Å². The number of rotatable bonds is 5. The van der Waals surface area contributed by atoms with Crippen molar-refractivity contribution in [1.82, 2.24) is 14.5 Å². The van der Waals surface area contributed by atoms with Gasteiger partial charge in [-0.05, 0) is 12.5 Å². The number of nitrogens with zero attached hydrogens (tertiary/aromatic N) is 3. The quantitative estimate of drug-likeness (QED) is 0.803. The first-order chi connectivity index (χ1) is 11.5. The minimum atomic E-state index is -0.607. The van der Waals surface area contributed by atoms with Crippen LogP contribution >= 0.6 is 0 Å². The molecule has 24 heavy (non-hydrogen) atoms. The van der Waals surface area contributed by atoms with Crippen LogP contribution in [-0.4, -0.2) is 63.6 Å². The molecule has 1 aliphatic rings. The average molecular weight is 333 g/mol. The van der Waals surface area contributed by atoms with Gasteiger partial charge in [-0.1, -0.05) is 30.9 Å². The van der Waals surface area contributed by atoms with Gasteiger partial charge < -0.3 is 20.0 Å². The monoisotopic (exact) mass is 333 g/mol. The molecular weight excluding hydrogens is 310 g/mol. The van der Waals surface area contributed by atoms with E-state index in [0.717, 1.165) is 12.1 Å². The maximum Gasteiger partial charge on any atom is 0.434 e. The molecule has 1 aromatic rings. The molecule has 1 aliphatic heterocycles. The van der Waals surface area contributed by atoms with Gasteiger partial charge in [0.2, 0.25) is 11.8 Å². The molecule has 1 saturated heterocycles. The molecule has 7 heteroatoms. The Bertz CT molecular complexity index is 621. The normalized spacial score (nSPS) is 16.5. The summed E-state index contributed by atoms with van der Waals surface area (Å²) in [4.78, 5) is 20.9. The van der Waals surface area contributed by atoms with Gasteiger partial charge in [0.1, 0.15) is 0 Å². The summed E-state index contributed by atoms with van der Waals surface area (Å²) in [6, 6.07) is 2.49. The topological polar surface area (TPSA) is 78.2 Å². The van der Waals surface area contributed by atoms with E-state index in [1.165, 1.54) is 12.1 Å². The molecule has 0 aromatic carbocycles. The van der Waals surface area contributed by atoms with Crippen molar-refractivity contribution in [2.75, 3.05) is 32.7 Å². The van der Waals surface area contributed by atoms with Crippen molar-refractivity contribution in [3.05, 3.63) is 48.6 Å². The van der Waals surface area contributed by atoms with Gasteiger partial charge in [-0.3, -0.25) is 4.90 Å². The standard InChI is InChI=1S/C17H23N3O4/c1-3-5-6-14(4-2)13-18-9-11-19(12-10-18)17(23)24-20-15(21)7-8-16(20)22/h3-8,21-22H,2,9-13H2,1H3. The molecule has 0 atom stereocenters. The first kappa shape index (κ1) is 17.7. The van der Waals surface area contributed by atoms with Crippen LogP contribution in [0.15, 0.2) is 48.6 Å². The molecule has 1 fully saturated rings. The zero-order valence-electron chi connectivity index (χ0n) is 13.8. The third-order valence-corrected chi connectivity index (χ3v) is 3.77. The SMILES string of the molecule is C=CC(=CC=CC)CN1CCN(C(=O)On2c(O)ccc2O)CC1. The Hall–Kier alpha value is -2.67. The van der Waals surface area contributed by atoms with Crippen molar-refractivity contribution in [2.45, 2.75) is 6.92 Å². The number of hydrogen-bond donors (Lipinski definition) is 2. The molecule has 7 nitrogen and oxygen atoms in total. The van der Waals surface area contributed by atoms with Gasteiger partial charge >= 0.3 is 6.09 Å². The van der Waals surface area contributed by atoms with Crippen LogP contribution in [0.2, 0.25) is 0 Å². The van der Waals surface area contributed by atoms with Gasteiger partial charge in [0, 0.05) is 44.9 Å². The van der Waals surface area contributed by atoms with Crippen LogP contribution in [0.3, 0.4) is 0 Å². The van der Waals surface area contributed by atoms with E-state index in [9.17, 15) is 15.0 Å². The number of hydrogen-bond acceptors (Lipinski definition) is 5. The number of allylic oxidation sites excluding steroid dienone is 3. The first-order valence-corrected chi connectivity index (χ1v) is 7.78. The summed E-state index contributed by atoms with van der Waals surface area (Å²) in [5.41, 5.74) is 1.12. The first-order valence-electron chi connectivity index (χ1n) is 7.78. The Morgan fingerprint density at radius 3 is 2.42 bits per heavy atom. The van der Waals surface area contributed by atoms with Crippen molar-refractivity contribution in [3.8, 4) is 11.8 Å². The van der Waals surface area contributed by atoms with Crippen LogP contribution in [0.5, 0.6) is 11.8 Å². The lowest BCUT2D eigenvalue weighted by Gasteiger charge is -2.34. The number of aromatic nitrogens is 1. The van der Waals surface area contributed by atoms with Crippen LogP contribution < -0.4 is 4.84 Å².